The van der Waals surface area contributed by atoms with E-state index in [9.17, 15) is 18.8 Å². The first-order valence-electron chi connectivity index (χ1n) is 7.89. The molecule has 136 valence electrons. The Morgan fingerprint density at radius 2 is 1.96 bits per heavy atom. The highest BCUT2D eigenvalue weighted by molar-refractivity contribution is 9.10. The van der Waals surface area contributed by atoms with Crippen molar-refractivity contribution in [1.82, 2.24) is 15.8 Å². The third-order valence-electron chi connectivity index (χ3n) is 3.60. The maximum Gasteiger partial charge on any atom is 0.276 e. The third-order valence-corrected chi connectivity index (χ3v) is 4.22. The molecule has 0 radical (unpaired) electrons. The van der Waals surface area contributed by atoms with Gasteiger partial charge in [-0.1, -0.05) is 6.42 Å². The number of rotatable bonds is 5. The molecule has 1 aliphatic heterocycles. The van der Waals surface area contributed by atoms with E-state index in [1.165, 1.54) is 23.1 Å². The molecule has 1 fully saturated rings. The van der Waals surface area contributed by atoms with Crippen LogP contribution in [-0.4, -0.2) is 42.3 Å². The predicted octanol–water partition coefficient (Wildman–Crippen LogP) is 1.52. The number of nitrogens with one attached hydrogen (secondary N) is 2. The van der Waals surface area contributed by atoms with Crippen LogP contribution in [0.25, 0.3) is 0 Å². The number of amides is 3. The Bertz CT molecular complexity index is 656. The number of hydrogen-bond acceptors (Lipinski definition) is 4. The minimum atomic E-state index is -0.577. The van der Waals surface area contributed by atoms with Crippen molar-refractivity contribution in [1.29, 1.82) is 0 Å². The van der Waals surface area contributed by atoms with Gasteiger partial charge in [0.15, 0.2) is 6.61 Å². The molecule has 1 saturated heterocycles. The Kier molecular flexibility index (Phi) is 7.17. The average Bonchev–Trinajstić information content (AvgIpc) is 2.77. The molecule has 0 aliphatic carbocycles. The summed E-state index contributed by atoms with van der Waals surface area (Å²) in [6.45, 7) is 0.0958. The van der Waals surface area contributed by atoms with E-state index in [0.717, 1.165) is 19.3 Å². The first kappa shape index (κ1) is 19.2. The Hall–Kier alpha value is -2.16. The molecule has 3 amide bonds. The zero-order chi connectivity index (χ0) is 18.2. The van der Waals surface area contributed by atoms with Crippen LogP contribution in [0.5, 0.6) is 5.75 Å². The molecule has 25 heavy (non-hydrogen) atoms. The van der Waals surface area contributed by atoms with E-state index in [1.54, 1.807) is 0 Å². The van der Waals surface area contributed by atoms with Gasteiger partial charge < -0.3 is 9.64 Å². The van der Waals surface area contributed by atoms with Gasteiger partial charge in [0, 0.05) is 13.0 Å². The lowest BCUT2D eigenvalue weighted by atomic mass is 10.2. The highest BCUT2D eigenvalue weighted by Crippen LogP contribution is 2.25. The quantitative estimate of drug-likeness (QED) is 0.713. The maximum absolute atomic E-state index is 13.0. The molecule has 0 bridgehead atoms. The van der Waals surface area contributed by atoms with Gasteiger partial charge in [0.2, 0.25) is 5.91 Å². The van der Waals surface area contributed by atoms with Crippen LogP contribution < -0.4 is 15.6 Å². The van der Waals surface area contributed by atoms with Gasteiger partial charge in [-0.15, -0.1) is 0 Å². The van der Waals surface area contributed by atoms with Crippen LogP contribution in [0.15, 0.2) is 22.7 Å². The van der Waals surface area contributed by atoms with Gasteiger partial charge in [0.05, 0.1) is 4.47 Å². The molecule has 1 aromatic rings. The molecule has 0 spiro atoms. The summed E-state index contributed by atoms with van der Waals surface area (Å²) in [5.74, 6) is -1.24. The lowest BCUT2D eigenvalue weighted by Gasteiger charge is -2.19. The summed E-state index contributed by atoms with van der Waals surface area (Å²) in [4.78, 5) is 36.8. The molecule has 9 heteroatoms. The van der Waals surface area contributed by atoms with Gasteiger partial charge in [0.25, 0.3) is 11.8 Å². The van der Waals surface area contributed by atoms with Gasteiger partial charge in [0.1, 0.15) is 18.1 Å². The van der Waals surface area contributed by atoms with Crippen LogP contribution in [0.4, 0.5) is 4.39 Å². The largest absolute Gasteiger partial charge is 0.483 e. The fraction of sp³-hybridized carbons (Fsp3) is 0.438. The van der Waals surface area contributed by atoms with Crippen molar-refractivity contribution < 1.29 is 23.5 Å². The van der Waals surface area contributed by atoms with E-state index in [1.807, 2.05) is 0 Å². The number of ether oxygens (including phenoxy) is 1. The van der Waals surface area contributed by atoms with Crippen LogP contribution >= 0.6 is 15.9 Å². The SMILES string of the molecule is O=C(COc1ccc(F)cc1Br)NNC(=O)CN1CCCCCC1=O. The molecule has 2 N–H and O–H groups in total. The zero-order valence-electron chi connectivity index (χ0n) is 13.5. The summed E-state index contributed by atoms with van der Waals surface area (Å²) >= 11 is 3.12. The van der Waals surface area contributed by atoms with Crippen molar-refractivity contribution in [3.05, 3.63) is 28.5 Å². The monoisotopic (exact) mass is 415 g/mol. The van der Waals surface area contributed by atoms with E-state index >= 15 is 0 Å². The summed E-state index contributed by atoms with van der Waals surface area (Å²) in [6, 6.07) is 3.81. The first-order chi connectivity index (χ1) is 12.0. The standard InChI is InChI=1S/C16H19BrFN3O4/c17-12-8-11(18)5-6-13(12)25-10-15(23)20-19-14(22)9-21-7-3-1-2-4-16(21)24/h5-6,8H,1-4,7,9-10H2,(H,19,22)(H,20,23). The summed E-state index contributed by atoms with van der Waals surface area (Å²) < 4.78 is 18.6. The van der Waals surface area contributed by atoms with E-state index in [0.29, 0.717) is 23.2 Å². The minimum Gasteiger partial charge on any atom is -0.483 e. The van der Waals surface area contributed by atoms with E-state index < -0.39 is 17.6 Å². The van der Waals surface area contributed by atoms with E-state index in [2.05, 4.69) is 26.8 Å². The van der Waals surface area contributed by atoms with Gasteiger partial charge >= 0.3 is 0 Å². The van der Waals surface area contributed by atoms with Crippen molar-refractivity contribution in [2.75, 3.05) is 19.7 Å². The Morgan fingerprint density at radius 1 is 1.20 bits per heavy atom. The second-order valence-electron chi connectivity index (χ2n) is 5.59. The number of halogens is 2. The van der Waals surface area contributed by atoms with Crippen molar-refractivity contribution in [3.8, 4) is 5.75 Å². The zero-order valence-corrected chi connectivity index (χ0v) is 15.1. The summed E-state index contributed by atoms with van der Waals surface area (Å²) in [5.41, 5.74) is 4.46. The Labute approximate surface area is 153 Å². The van der Waals surface area contributed by atoms with E-state index in [4.69, 9.17) is 4.74 Å². The molecule has 0 aromatic heterocycles. The number of carbonyl (C=O) groups excluding carboxylic acids is 3. The second kappa shape index (κ2) is 9.36. The molecule has 1 aliphatic rings. The molecule has 7 nitrogen and oxygen atoms in total. The van der Waals surface area contributed by atoms with E-state index in [-0.39, 0.29) is 19.1 Å². The Balaban J connectivity index is 1.71. The number of likely N-dealkylation sites (tertiary alicyclic amines) is 1. The normalized spacial score (nSPS) is 14.6. The average molecular weight is 416 g/mol. The molecule has 0 saturated carbocycles. The molecule has 0 unspecified atom stereocenters. The fourth-order valence-electron chi connectivity index (χ4n) is 2.33. The van der Waals surface area contributed by atoms with Crippen LogP contribution in [0.1, 0.15) is 25.7 Å². The number of benzene rings is 1. The van der Waals surface area contributed by atoms with Crippen molar-refractivity contribution in [2.24, 2.45) is 0 Å². The predicted molar refractivity (Wildman–Crippen MR) is 90.9 cm³/mol. The van der Waals surface area contributed by atoms with Crippen LogP contribution in [0.2, 0.25) is 0 Å². The minimum absolute atomic E-state index is 0.0523. The lowest BCUT2D eigenvalue weighted by molar-refractivity contribution is -0.136. The number of hydrogen-bond donors (Lipinski definition) is 2. The fourth-order valence-corrected chi connectivity index (χ4v) is 2.79. The third kappa shape index (κ3) is 6.33. The molecule has 0 atom stereocenters. The van der Waals surface area contributed by atoms with Gasteiger partial charge in [-0.25, -0.2) is 4.39 Å². The Morgan fingerprint density at radius 3 is 2.72 bits per heavy atom. The second-order valence-corrected chi connectivity index (χ2v) is 6.44. The number of carbonyl (C=O) groups is 3. The molecule has 1 aromatic carbocycles. The summed E-state index contributed by atoms with van der Waals surface area (Å²) in [5, 5.41) is 0. The van der Waals surface area contributed by atoms with Gasteiger partial charge in [-0.3, -0.25) is 25.2 Å². The number of nitrogens with zero attached hydrogens (tertiary/aromatic N) is 1. The summed E-state index contributed by atoms with van der Waals surface area (Å²) in [6.07, 6.45) is 3.12. The van der Waals surface area contributed by atoms with Crippen molar-refractivity contribution >= 4 is 33.7 Å². The molecular weight excluding hydrogens is 397 g/mol. The number of hydrazine groups is 1. The van der Waals surface area contributed by atoms with Crippen LogP contribution in [-0.2, 0) is 14.4 Å². The van der Waals surface area contributed by atoms with Crippen LogP contribution in [0.3, 0.4) is 0 Å². The molecule has 1 heterocycles. The first-order valence-corrected chi connectivity index (χ1v) is 8.68. The lowest BCUT2D eigenvalue weighted by Crippen LogP contribution is -2.48. The highest BCUT2D eigenvalue weighted by Gasteiger charge is 2.19. The van der Waals surface area contributed by atoms with Crippen LogP contribution in [0, 0.1) is 5.82 Å². The maximum atomic E-state index is 13.0. The van der Waals surface area contributed by atoms with Gasteiger partial charge in [-0.2, -0.15) is 0 Å². The van der Waals surface area contributed by atoms with Crippen molar-refractivity contribution in [2.45, 2.75) is 25.7 Å². The molecular formula is C16H19BrFN3O4. The summed E-state index contributed by atoms with van der Waals surface area (Å²) in [7, 11) is 0. The molecule has 2 rings (SSSR count). The van der Waals surface area contributed by atoms with Crippen molar-refractivity contribution in [3.63, 3.8) is 0 Å². The topological polar surface area (TPSA) is 87.7 Å². The smallest absolute Gasteiger partial charge is 0.276 e. The van der Waals surface area contributed by atoms with Gasteiger partial charge in [-0.05, 0) is 47.0 Å². The highest BCUT2D eigenvalue weighted by atomic mass is 79.9.